The van der Waals surface area contributed by atoms with Crippen molar-refractivity contribution in [3.05, 3.63) is 76.8 Å². The summed E-state index contributed by atoms with van der Waals surface area (Å²) in [7, 11) is 0. The molecule has 6 nitrogen and oxygen atoms in total. The molecule has 4 atom stereocenters. The largest absolute Gasteiger partial charge is 0.493 e. The van der Waals surface area contributed by atoms with E-state index < -0.39 is 11.9 Å². The monoisotopic (exact) mass is 618 g/mol. The van der Waals surface area contributed by atoms with E-state index in [0.29, 0.717) is 19.8 Å². The minimum atomic E-state index is -0.796. The SMILES string of the molecule is CCOCCOc1cc(C)c(-c2cccc(C(C)OC3=CCCC(O[C@@H]4[C@H](I)[C@H]4C(=O)O)=C3)c2)c(C)c1. The van der Waals surface area contributed by atoms with E-state index in [0.717, 1.165) is 52.4 Å². The molecule has 0 bridgehead atoms. The molecule has 37 heavy (non-hydrogen) atoms. The highest BCUT2D eigenvalue weighted by Gasteiger charge is 2.56. The van der Waals surface area contributed by atoms with Crippen LogP contribution in [0.1, 0.15) is 49.5 Å². The maximum atomic E-state index is 11.3. The second-order valence-corrected chi connectivity index (χ2v) is 10.9. The van der Waals surface area contributed by atoms with Crippen molar-refractivity contribution in [2.24, 2.45) is 5.92 Å². The van der Waals surface area contributed by atoms with E-state index in [9.17, 15) is 9.90 Å². The molecule has 0 heterocycles. The summed E-state index contributed by atoms with van der Waals surface area (Å²) in [5, 5.41) is 9.27. The Labute approximate surface area is 232 Å². The smallest absolute Gasteiger partial charge is 0.311 e. The molecule has 0 aliphatic heterocycles. The number of hydrogen-bond donors (Lipinski definition) is 1. The van der Waals surface area contributed by atoms with E-state index >= 15 is 0 Å². The Bertz CT molecular complexity index is 1160. The molecule has 2 aromatic rings. The molecule has 1 saturated carbocycles. The number of alkyl halides is 1. The predicted octanol–water partition coefficient (Wildman–Crippen LogP) is 6.93. The zero-order chi connectivity index (χ0) is 26.5. The van der Waals surface area contributed by atoms with Gasteiger partial charge in [0.05, 0.1) is 10.5 Å². The van der Waals surface area contributed by atoms with E-state index in [1.807, 2.05) is 19.9 Å². The van der Waals surface area contributed by atoms with Crippen molar-refractivity contribution in [1.29, 1.82) is 0 Å². The molecule has 0 radical (unpaired) electrons. The zero-order valence-electron chi connectivity index (χ0n) is 21.8. The summed E-state index contributed by atoms with van der Waals surface area (Å²) in [6, 6.07) is 12.6. The van der Waals surface area contributed by atoms with Crippen LogP contribution in [0, 0.1) is 19.8 Å². The number of aryl methyl sites for hydroxylation is 2. The molecule has 1 unspecified atom stereocenters. The van der Waals surface area contributed by atoms with Gasteiger partial charge >= 0.3 is 5.97 Å². The van der Waals surface area contributed by atoms with Crippen LogP contribution >= 0.6 is 22.6 Å². The van der Waals surface area contributed by atoms with Gasteiger partial charge in [-0.25, -0.2) is 0 Å². The molecule has 2 aliphatic rings. The molecule has 1 N–H and O–H groups in total. The molecular formula is C30H35IO6. The molecule has 7 heteroatoms. The van der Waals surface area contributed by atoms with Crippen molar-refractivity contribution in [2.75, 3.05) is 19.8 Å². The Morgan fingerprint density at radius 3 is 2.59 bits per heavy atom. The summed E-state index contributed by atoms with van der Waals surface area (Å²) >= 11 is 2.15. The first-order valence-corrected chi connectivity index (χ1v) is 14.1. The van der Waals surface area contributed by atoms with E-state index in [2.05, 4.69) is 78.9 Å². The Morgan fingerprint density at radius 1 is 1.16 bits per heavy atom. The van der Waals surface area contributed by atoms with E-state index in [1.165, 1.54) is 5.56 Å². The van der Waals surface area contributed by atoms with Crippen molar-refractivity contribution in [1.82, 2.24) is 0 Å². The van der Waals surface area contributed by atoms with Crippen LogP contribution in [0.5, 0.6) is 5.75 Å². The highest BCUT2D eigenvalue weighted by Crippen LogP contribution is 2.44. The van der Waals surface area contributed by atoms with Crippen molar-refractivity contribution >= 4 is 28.6 Å². The number of rotatable bonds is 12. The van der Waals surface area contributed by atoms with Gasteiger partial charge in [0.1, 0.15) is 42.0 Å². The van der Waals surface area contributed by atoms with Crippen molar-refractivity contribution in [2.45, 2.75) is 56.7 Å². The molecule has 2 aromatic carbocycles. The Balaban J connectivity index is 1.43. The first kappa shape index (κ1) is 27.5. The van der Waals surface area contributed by atoms with Crippen molar-refractivity contribution < 1.29 is 28.8 Å². The molecule has 0 aromatic heterocycles. The van der Waals surface area contributed by atoms with Crippen LogP contribution in [0.15, 0.2) is 60.1 Å². The first-order chi connectivity index (χ1) is 17.8. The second-order valence-electron chi connectivity index (χ2n) is 9.51. The lowest BCUT2D eigenvalue weighted by Gasteiger charge is -2.21. The van der Waals surface area contributed by atoms with Gasteiger partial charge in [0, 0.05) is 19.1 Å². The fraction of sp³-hybridized carbons (Fsp3) is 0.433. The Morgan fingerprint density at radius 2 is 1.92 bits per heavy atom. The minimum absolute atomic E-state index is 0.00977. The van der Waals surface area contributed by atoms with E-state index in [-0.39, 0.29) is 16.1 Å². The average Bonchev–Trinajstić information content (AvgIpc) is 3.50. The lowest BCUT2D eigenvalue weighted by molar-refractivity contribution is -0.139. The summed E-state index contributed by atoms with van der Waals surface area (Å²) in [5.41, 5.74) is 5.73. The van der Waals surface area contributed by atoms with E-state index in [1.54, 1.807) is 0 Å². The predicted molar refractivity (Wildman–Crippen MR) is 152 cm³/mol. The Hall–Kier alpha value is -2.52. The minimum Gasteiger partial charge on any atom is -0.493 e. The number of hydrogen-bond acceptors (Lipinski definition) is 5. The summed E-state index contributed by atoms with van der Waals surface area (Å²) in [4.78, 5) is 11.3. The topological polar surface area (TPSA) is 74.2 Å². The number of carboxylic acid groups (broad SMARTS) is 1. The fourth-order valence-electron chi connectivity index (χ4n) is 4.70. The second kappa shape index (κ2) is 12.3. The number of carbonyl (C=O) groups is 1. The molecule has 1 fully saturated rings. The summed E-state index contributed by atoms with van der Waals surface area (Å²) < 4.78 is 23.5. The van der Waals surface area contributed by atoms with Gasteiger partial charge in [0.25, 0.3) is 0 Å². The summed E-state index contributed by atoms with van der Waals surface area (Å²) in [6.07, 6.45) is 5.12. The lowest BCUT2D eigenvalue weighted by Crippen LogP contribution is -2.08. The maximum Gasteiger partial charge on any atom is 0.311 e. The standard InChI is InChI=1S/C30H35IO6/c1-5-34-12-13-35-25-14-18(2)26(19(3)15-25)22-9-6-8-21(16-22)20(4)36-23-10-7-11-24(17-23)37-29-27(28(29)31)30(32)33/h6,8-10,14-17,20,27-29H,5,7,11-13H2,1-4H3,(H,32,33)/t20?,27-,28-,29+/m1/s1. The van der Waals surface area contributed by atoms with Crippen LogP contribution in [-0.4, -0.2) is 40.9 Å². The third kappa shape index (κ3) is 6.87. The third-order valence-corrected chi connectivity index (χ3v) is 8.13. The highest BCUT2D eigenvalue weighted by atomic mass is 127. The summed E-state index contributed by atoms with van der Waals surface area (Å²) in [5.74, 6) is 1.19. The van der Waals surface area contributed by atoms with Gasteiger partial charge in [0.15, 0.2) is 0 Å². The number of allylic oxidation sites excluding steroid dienone is 3. The number of carboxylic acids is 1. The van der Waals surface area contributed by atoms with E-state index in [4.69, 9.17) is 18.9 Å². The Kier molecular flexibility index (Phi) is 9.18. The van der Waals surface area contributed by atoms with Gasteiger partial charge < -0.3 is 24.1 Å². The van der Waals surface area contributed by atoms with Crippen molar-refractivity contribution in [3.63, 3.8) is 0 Å². The molecular weight excluding hydrogens is 583 g/mol. The number of aliphatic carboxylic acids is 1. The van der Waals surface area contributed by atoms with Crippen LogP contribution in [0.4, 0.5) is 0 Å². The van der Waals surface area contributed by atoms with Crippen molar-refractivity contribution in [3.8, 4) is 16.9 Å². The number of benzene rings is 2. The van der Waals surface area contributed by atoms with Gasteiger partial charge in [-0.2, -0.15) is 0 Å². The van der Waals surface area contributed by atoms with Gasteiger partial charge in [-0.15, -0.1) is 0 Å². The summed E-state index contributed by atoms with van der Waals surface area (Å²) in [6.45, 7) is 10.0. The molecule has 2 aliphatic carbocycles. The van der Waals surface area contributed by atoms with Crippen LogP contribution < -0.4 is 4.74 Å². The number of ether oxygens (including phenoxy) is 4. The van der Waals surface area contributed by atoms with Gasteiger partial charge in [0.2, 0.25) is 0 Å². The first-order valence-electron chi connectivity index (χ1n) is 12.8. The van der Waals surface area contributed by atoms with Crippen LogP contribution in [0.2, 0.25) is 0 Å². The molecule has 0 saturated heterocycles. The van der Waals surface area contributed by atoms with Gasteiger partial charge in [-0.1, -0.05) is 40.8 Å². The van der Waals surface area contributed by atoms with Gasteiger partial charge in [-0.3, -0.25) is 4.79 Å². The molecule has 4 rings (SSSR count). The molecule has 0 spiro atoms. The van der Waals surface area contributed by atoms with Crippen LogP contribution in [0.3, 0.4) is 0 Å². The van der Waals surface area contributed by atoms with Gasteiger partial charge in [-0.05, 0) is 86.2 Å². The molecule has 198 valence electrons. The zero-order valence-corrected chi connectivity index (χ0v) is 24.0. The normalized spacial score (nSPS) is 21.5. The third-order valence-electron chi connectivity index (χ3n) is 6.65. The number of halogens is 1. The quantitative estimate of drug-likeness (QED) is 0.158. The maximum absolute atomic E-state index is 11.3. The fourth-order valence-corrected chi connectivity index (χ4v) is 5.78. The van der Waals surface area contributed by atoms with Crippen LogP contribution in [0.25, 0.3) is 11.1 Å². The van der Waals surface area contributed by atoms with Crippen LogP contribution in [-0.2, 0) is 19.0 Å². The highest BCUT2D eigenvalue weighted by molar-refractivity contribution is 14.1. The average molecular weight is 619 g/mol. The molecule has 0 amide bonds. The lowest BCUT2D eigenvalue weighted by atomic mass is 9.93.